The summed E-state index contributed by atoms with van der Waals surface area (Å²) < 4.78 is 5.11. The first-order valence-corrected chi connectivity index (χ1v) is 9.34. The number of carbonyl (C=O) groups excluding carboxylic acids is 1. The van der Waals surface area contributed by atoms with Gasteiger partial charge in [0, 0.05) is 29.5 Å². The summed E-state index contributed by atoms with van der Waals surface area (Å²) >= 11 is 13.5. The Morgan fingerprint density at radius 2 is 1.96 bits per heavy atom. The minimum atomic E-state index is 0.00207. The lowest BCUT2D eigenvalue weighted by Gasteiger charge is -2.08. The Balaban J connectivity index is 1.74. The third kappa shape index (κ3) is 6.36. The molecule has 0 atom stereocenters. The number of carbonyl (C=O) groups is 1. The van der Waals surface area contributed by atoms with Crippen molar-refractivity contribution in [2.75, 3.05) is 12.9 Å². The van der Waals surface area contributed by atoms with Crippen LogP contribution in [0.1, 0.15) is 16.7 Å². The molecular weight excluding hydrogens is 365 g/mol. The second-order valence-electron chi connectivity index (χ2n) is 5.26. The predicted octanol–water partition coefficient (Wildman–Crippen LogP) is 4.69. The van der Waals surface area contributed by atoms with Crippen molar-refractivity contribution in [3.63, 3.8) is 0 Å². The molecule has 0 aliphatic carbocycles. The van der Waals surface area contributed by atoms with Gasteiger partial charge in [-0.05, 0) is 28.8 Å². The molecule has 0 aliphatic rings. The van der Waals surface area contributed by atoms with Gasteiger partial charge in [-0.1, -0.05) is 53.5 Å². The highest BCUT2D eigenvalue weighted by atomic mass is 35.5. The fraction of sp³-hybridized carbons (Fsp3) is 0.278. The maximum Gasteiger partial charge on any atom is 0.230 e. The van der Waals surface area contributed by atoms with Crippen molar-refractivity contribution in [3.8, 4) is 0 Å². The number of methoxy groups -OCH3 is 1. The van der Waals surface area contributed by atoms with Crippen LogP contribution in [0, 0.1) is 0 Å². The number of thioether (sulfide) groups is 1. The van der Waals surface area contributed by atoms with Gasteiger partial charge in [-0.2, -0.15) is 0 Å². The highest BCUT2D eigenvalue weighted by Gasteiger charge is 2.05. The Labute approximate surface area is 156 Å². The van der Waals surface area contributed by atoms with Gasteiger partial charge in [-0.25, -0.2) is 0 Å². The molecule has 2 aromatic carbocycles. The topological polar surface area (TPSA) is 38.3 Å². The maximum absolute atomic E-state index is 11.9. The maximum atomic E-state index is 11.9. The Bertz CT molecular complexity index is 694. The van der Waals surface area contributed by atoms with Crippen molar-refractivity contribution in [2.24, 2.45) is 0 Å². The number of halogens is 2. The fourth-order valence-corrected chi connectivity index (χ4v) is 3.56. The van der Waals surface area contributed by atoms with E-state index in [2.05, 4.69) is 5.32 Å². The number of benzene rings is 2. The van der Waals surface area contributed by atoms with Crippen LogP contribution < -0.4 is 5.32 Å². The normalized spacial score (nSPS) is 10.6. The highest BCUT2D eigenvalue weighted by Crippen LogP contribution is 2.24. The van der Waals surface area contributed by atoms with Crippen LogP contribution in [0.15, 0.2) is 42.5 Å². The lowest BCUT2D eigenvalue weighted by Crippen LogP contribution is -2.24. The molecule has 2 aromatic rings. The number of rotatable bonds is 8. The van der Waals surface area contributed by atoms with E-state index in [0.29, 0.717) is 34.7 Å². The van der Waals surface area contributed by atoms with Crippen LogP contribution in [-0.4, -0.2) is 18.8 Å². The summed E-state index contributed by atoms with van der Waals surface area (Å²) in [6.07, 6.45) is 0. The summed E-state index contributed by atoms with van der Waals surface area (Å²) in [5.41, 5.74) is 3.13. The minimum Gasteiger partial charge on any atom is -0.380 e. The van der Waals surface area contributed by atoms with E-state index >= 15 is 0 Å². The molecule has 0 saturated carbocycles. The van der Waals surface area contributed by atoms with Crippen molar-refractivity contribution in [1.29, 1.82) is 0 Å². The summed E-state index contributed by atoms with van der Waals surface area (Å²) in [5.74, 6) is 1.06. The molecule has 0 bridgehead atoms. The van der Waals surface area contributed by atoms with Crippen molar-refractivity contribution >= 4 is 40.9 Å². The monoisotopic (exact) mass is 383 g/mol. The number of ether oxygens (including phenoxy) is 1. The van der Waals surface area contributed by atoms with E-state index < -0.39 is 0 Å². The first-order chi connectivity index (χ1) is 11.6. The Hall–Kier alpha value is -1.20. The van der Waals surface area contributed by atoms with Crippen LogP contribution in [-0.2, 0) is 28.4 Å². The third-order valence-corrected chi connectivity index (χ3v) is 4.87. The molecule has 0 aliphatic heterocycles. The molecule has 0 heterocycles. The van der Waals surface area contributed by atoms with E-state index in [-0.39, 0.29) is 5.91 Å². The van der Waals surface area contributed by atoms with Gasteiger partial charge in [0.25, 0.3) is 0 Å². The molecule has 24 heavy (non-hydrogen) atoms. The van der Waals surface area contributed by atoms with Gasteiger partial charge in [-0.15, -0.1) is 11.8 Å². The lowest BCUT2D eigenvalue weighted by molar-refractivity contribution is -0.118. The first-order valence-electron chi connectivity index (χ1n) is 7.43. The van der Waals surface area contributed by atoms with E-state index in [0.717, 1.165) is 16.7 Å². The molecule has 0 fully saturated rings. The molecule has 0 saturated heterocycles. The van der Waals surface area contributed by atoms with Crippen LogP contribution in [0.5, 0.6) is 0 Å². The molecule has 6 heteroatoms. The molecule has 3 nitrogen and oxygen atoms in total. The van der Waals surface area contributed by atoms with Crippen molar-refractivity contribution in [2.45, 2.75) is 18.9 Å². The molecule has 1 amide bonds. The molecule has 0 radical (unpaired) electrons. The van der Waals surface area contributed by atoms with Gasteiger partial charge in [0.05, 0.1) is 12.4 Å². The van der Waals surface area contributed by atoms with Crippen LogP contribution >= 0.6 is 35.0 Å². The van der Waals surface area contributed by atoms with E-state index in [1.807, 2.05) is 30.3 Å². The molecule has 0 spiro atoms. The average molecular weight is 384 g/mol. The van der Waals surface area contributed by atoms with Gasteiger partial charge in [0.15, 0.2) is 0 Å². The van der Waals surface area contributed by atoms with Gasteiger partial charge in [0.1, 0.15) is 0 Å². The summed E-state index contributed by atoms with van der Waals surface area (Å²) in [5, 5.41) is 4.17. The van der Waals surface area contributed by atoms with Crippen molar-refractivity contribution in [3.05, 3.63) is 69.2 Å². The second kappa shape index (κ2) is 9.94. The Morgan fingerprint density at radius 3 is 2.71 bits per heavy atom. The van der Waals surface area contributed by atoms with Crippen LogP contribution in [0.25, 0.3) is 0 Å². The molecule has 2 rings (SSSR count). The van der Waals surface area contributed by atoms with Crippen LogP contribution in [0.4, 0.5) is 0 Å². The SMILES string of the molecule is COCc1cccc(CNC(=O)CSCc2ccc(Cl)cc2Cl)c1. The predicted molar refractivity (Wildman–Crippen MR) is 102 cm³/mol. The minimum absolute atomic E-state index is 0.00207. The quantitative estimate of drug-likeness (QED) is 0.718. The molecule has 0 unspecified atom stereocenters. The second-order valence-corrected chi connectivity index (χ2v) is 7.09. The average Bonchev–Trinajstić information content (AvgIpc) is 2.56. The molecular formula is C18H19Cl2NO2S. The zero-order valence-corrected chi connectivity index (χ0v) is 15.7. The molecule has 128 valence electrons. The van der Waals surface area contributed by atoms with Crippen LogP contribution in [0.2, 0.25) is 10.0 Å². The van der Waals surface area contributed by atoms with Gasteiger partial charge in [0.2, 0.25) is 5.91 Å². The number of hydrogen-bond donors (Lipinski definition) is 1. The van der Waals surface area contributed by atoms with Gasteiger partial charge in [-0.3, -0.25) is 4.79 Å². The smallest absolute Gasteiger partial charge is 0.230 e. The first kappa shape index (κ1) is 19.1. The number of amides is 1. The lowest BCUT2D eigenvalue weighted by atomic mass is 10.1. The third-order valence-electron chi connectivity index (χ3n) is 3.30. The van der Waals surface area contributed by atoms with E-state index in [1.54, 1.807) is 19.2 Å². The summed E-state index contributed by atoms with van der Waals surface area (Å²) in [4.78, 5) is 11.9. The Kier molecular flexibility index (Phi) is 7.92. The standard InChI is InChI=1S/C18H19Cl2NO2S/c1-23-10-14-4-2-3-13(7-14)9-21-18(22)12-24-11-15-5-6-16(19)8-17(15)20/h2-8H,9-12H2,1H3,(H,21,22). The molecule has 0 aromatic heterocycles. The summed E-state index contributed by atoms with van der Waals surface area (Å²) in [6, 6.07) is 13.4. The van der Waals surface area contributed by atoms with E-state index in [1.165, 1.54) is 11.8 Å². The number of nitrogens with one attached hydrogen (secondary N) is 1. The Morgan fingerprint density at radius 1 is 1.17 bits per heavy atom. The van der Waals surface area contributed by atoms with Crippen molar-refractivity contribution < 1.29 is 9.53 Å². The summed E-state index contributed by atoms with van der Waals surface area (Å²) in [6.45, 7) is 1.08. The van der Waals surface area contributed by atoms with E-state index in [4.69, 9.17) is 27.9 Å². The van der Waals surface area contributed by atoms with Gasteiger partial charge >= 0.3 is 0 Å². The fourth-order valence-electron chi connectivity index (χ4n) is 2.14. The van der Waals surface area contributed by atoms with Crippen molar-refractivity contribution in [1.82, 2.24) is 5.32 Å². The highest BCUT2D eigenvalue weighted by molar-refractivity contribution is 7.99. The zero-order valence-electron chi connectivity index (χ0n) is 13.4. The number of hydrogen-bond acceptors (Lipinski definition) is 3. The van der Waals surface area contributed by atoms with Crippen LogP contribution in [0.3, 0.4) is 0 Å². The van der Waals surface area contributed by atoms with Gasteiger partial charge < -0.3 is 10.1 Å². The summed E-state index contributed by atoms with van der Waals surface area (Å²) in [7, 11) is 1.67. The molecule has 1 N–H and O–H groups in total. The van der Waals surface area contributed by atoms with E-state index in [9.17, 15) is 4.79 Å². The largest absolute Gasteiger partial charge is 0.380 e. The zero-order chi connectivity index (χ0) is 17.4.